The summed E-state index contributed by atoms with van der Waals surface area (Å²) in [6.45, 7) is 5.87. The maximum atomic E-state index is 12.3. The average Bonchev–Trinajstić information content (AvgIpc) is 2.30. The third-order valence-corrected chi connectivity index (χ3v) is 4.86. The molecule has 1 rings (SSSR count). The van der Waals surface area contributed by atoms with Gasteiger partial charge in [-0.05, 0) is 27.2 Å². The van der Waals surface area contributed by atoms with Crippen molar-refractivity contribution in [1.82, 2.24) is 0 Å². The van der Waals surface area contributed by atoms with Gasteiger partial charge in [0.05, 0.1) is 13.2 Å². The largest absolute Gasteiger partial charge is 0.338 e. The lowest BCUT2D eigenvalue weighted by Crippen LogP contribution is -2.29. The first-order valence-electron chi connectivity index (χ1n) is 6.21. The monoisotopic (exact) mass is 272 g/mol. The summed E-state index contributed by atoms with van der Waals surface area (Å²) in [6, 6.07) is 0. The Balaban J connectivity index is 2.75. The first-order chi connectivity index (χ1) is 8.46. The number of hydrogen-bond donors (Lipinski definition) is 0. The van der Waals surface area contributed by atoms with E-state index in [0.29, 0.717) is 6.42 Å². The number of hydrogen-bond acceptors (Lipinski definition) is 4. The van der Waals surface area contributed by atoms with Gasteiger partial charge < -0.3 is 9.05 Å². The summed E-state index contributed by atoms with van der Waals surface area (Å²) < 4.78 is 22.6. The Labute approximate surface area is 109 Å². The van der Waals surface area contributed by atoms with E-state index >= 15 is 0 Å². The molecule has 18 heavy (non-hydrogen) atoms. The van der Waals surface area contributed by atoms with Crippen molar-refractivity contribution in [2.45, 2.75) is 27.2 Å². The Morgan fingerprint density at radius 1 is 1.28 bits per heavy atom. The number of allylic oxidation sites excluding steroid dienone is 4. The Bertz CT molecular complexity index is 390. The molecule has 0 aromatic carbocycles. The average molecular weight is 272 g/mol. The van der Waals surface area contributed by atoms with Crippen LogP contribution in [0, 0.1) is 5.41 Å². The predicted octanol–water partition coefficient (Wildman–Crippen LogP) is 3.34. The molecule has 5 heteroatoms. The van der Waals surface area contributed by atoms with Crippen LogP contribution in [0.2, 0.25) is 0 Å². The van der Waals surface area contributed by atoms with Crippen molar-refractivity contribution in [2.24, 2.45) is 5.41 Å². The minimum absolute atomic E-state index is 0.103. The van der Waals surface area contributed by atoms with Gasteiger partial charge in [0.15, 0.2) is 5.78 Å². The SMILES string of the molecule is CCOP(=O)(CC(=O)C1(C)C=CC=CC1)OCC. The van der Waals surface area contributed by atoms with Crippen molar-refractivity contribution in [3.8, 4) is 0 Å². The van der Waals surface area contributed by atoms with Crippen LogP contribution < -0.4 is 0 Å². The van der Waals surface area contributed by atoms with Gasteiger partial charge >= 0.3 is 7.60 Å². The molecule has 0 heterocycles. The van der Waals surface area contributed by atoms with E-state index in [2.05, 4.69) is 0 Å². The van der Waals surface area contributed by atoms with E-state index < -0.39 is 13.0 Å². The zero-order valence-electron chi connectivity index (χ0n) is 11.2. The quantitative estimate of drug-likeness (QED) is 0.667. The van der Waals surface area contributed by atoms with Gasteiger partial charge in [-0.25, -0.2) is 0 Å². The maximum Gasteiger partial charge on any atom is 0.338 e. The highest BCUT2D eigenvalue weighted by Crippen LogP contribution is 2.49. The second kappa shape index (κ2) is 6.46. The molecule has 0 aromatic heterocycles. The molecule has 0 aliphatic heterocycles. The second-order valence-corrected chi connectivity index (χ2v) is 6.49. The zero-order valence-corrected chi connectivity index (χ0v) is 12.1. The van der Waals surface area contributed by atoms with Gasteiger partial charge in [0.1, 0.15) is 6.16 Å². The molecular formula is C13H21O4P. The van der Waals surface area contributed by atoms with Crippen LogP contribution in [0.5, 0.6) is 0 Å². The molecule has 0 saturated heterocycles. The lowest BCUT2D eigenvalue weighted by molar-refractivity contribution is -0.123. The number of carbonyl (C=O) groups is 1. The third kappa shape index (κ3) is 3.91. The highest BCUT2D eigenvalue weighted by Gasteiger charge is 2.37. The molecular weight excluding hydrogens is 251 g/mol. The first kappa shape index (κ1) is 15.4. The normalized spacial score (nSPS) is 23.3. The molecule has 1 aliphatic carbocycles. The fraction of sp³-hybridized carbons (Fsp3) is 0.615. The fourth-order valence-electron chi connectivity index (χ4n) is 1.81. The van der Waals surface area contributed by atoms with Crippen molar-refractivity contribution in [2.75, 3.05) is 19.4 Å². The third-order valence-electron chi connectivity index (χ3n) is 2.88. The number of carbonyl (C=O) groups excluding carboxylic acids is 1. The molecule has 0 spiro atoms. The molecule has 0 bridgehead atoms. The Hall–Kier alpha value is -0.700. The van der Waals surface area contributed by atoms with Crippen LogP contribution in [0.25, 0.3) is 0 Å². The van der Waals surface area contributed by atoms with Gasteiger partial charge in [0.25, 0.3) is 0 Å². The van der Waals surface area contributed by atoms with Crippen LogP contribution in [-0.4, -0.2) is 25.2 Å². The van der Waals surface area contributed by atoms with Gasteiger partial charge in [-0.15, -0.1) is 0 Å². The van der Waals surface area contributed by atoms with Crippen molar-refractivity contribution < 1.29 is 18.4 Å². The fourth-order valence-corrected chi connectivity index (χ4v) is 3.57. The van der Waals surface area contributed by atoms with Gasteiger partial charge in [-0.3, -0.25) is 9.36 Å². The highest BCUT2D eigenvalue weighted by atomic mass is 31.2. The zero-order chi connectivity index (χ0) is 13.6. The molecule has 0 saturated carbocycles. The van der Waals surface area contributed by atoms with Crippen LogP contribution >= 0.6 is 7.60 Å². The summed E-state index contributed by atoms with van der Waals surface area (Å²) in [6.07, 6.45) is 7.99. The second-order valence-electron chi connectivity index (χ2n) is 4.44. The molecule has 0 fully saturated rings. The Morgan fingerprint density at radius 3 is 2.33 bits per heavy atom. The molecule has 0 N–H and O–H groups in total. The van der Waals surface area contributed by atoms with E-state index in [0.717, 1.165) is 0 Å². The molecule has 0 radical (unpaired) electrons. The van der Waals surface area contributed by atoms with E-state index in [1.807, 2.05) is 31.2 Å². The van der Waals surface area contributed by atoms with Crippen LogP contribution in [-0.2, 0) is 18.4 Å². The van der Waals surface area contributed by atoms with Crippen molar-refractivity contribution in [1.29, 1.82) is 0 Å². The molecule has 1 unspecified atom stereocenters. The number of ketones is 1. The van der Waals surface area contributed by atoms with Crippen LogP contribution in [0.4, 0.5) is 0 Å². The topological polar surface area (TPSA) is 52.6 Å². The smallest absolute Gasteiger partial charge is 0.309 e. The lowest BCUT2D eigenvalue weighted by Gasteiger charge is -2.26. The van der Waals surface area contributed by atoms with Gasteiger partial charge in [-0.1, -0.05) is 24.3 Å². The minimum Gasteiger partial charge on any atom is -0.309 e. The molecule has 0 aromatic rings. The van der Waals surface area contributed by atoms with E-state index in [1.54, 1.807) is 13.8 Å². The van der Waals surface area contributed by atoms with E-state index in [9.17, 15) is 9.36 Å². The molecule has 4 nitrogen and oxygen atoms in total. The number of Topliss-reactive ketones (excluding diaryl/α,β-unsaturated/α-hetero) is 1. The van der Waals surface area contributed by atoms with Gasteiger partial charge in [-0.2, -0.15) is 0 Å². The highest BCUT2D eigenvalue weighted by molar-refractivity contribution is 7.54. The Kier molecular flexibility index (Phi) is 5.51. The van der Waals surface area contributed by atoms with Gasteiger partial charge in [0, 0.05) is 5.41 Å². The first-order valence-corrected chi connectivity index (χ1v) is 7.94. The van der Waals surface area contributed by atoms with Crippen molar-refractivity contribution in [3.63, 3.8) is 0 Å². The Morgan fingerprint density at radius 2 is 1.89 bits per heavy atom. The lowest BCUT2D eigenvalue weighted by atomic mass is 9.80. The van der Waals surface area contributed by atoms with Crippen LogP contribution in [0.3, 0.4) is 0 Å². The van der Waals surface area contributed by atoms with Crippen molar-refractivity contribution >= 4 is 13.4 Å². The number of rotatable bonds is 7. The summed E-state index contributed by atoms with van der Waals surface area (Å²) in [5, 5.41) is 0. The molecule has 102 valence electrons. The van der Waals surface area contributed by atoms with Gasteiger partial charge in [0.2, 0.25) is 0 Å². The maximum absolute atomic E-state index is 12.3. The summed E-state index contributed by atoms with van der Waals surface area (Å²) in [7, 11) is -3.29. The van der Waals surface area contributed by atoms with E-state index in [-0.39, 0.29) is 25.2 Å². The van der Waals surface area contributed by atoms with E-state index in [1.165, 1.54) is 0 Å². The van der Waals surface area contributed by atoms with Crippen LogP contribution in [0.1, 0.15) is 27.2 Å². The predicted molar refractivity (Wildman–Crippen MR) is 71.7 cm³/mol. The standard InChI is InChI=1S/C13H21O4P/c1-4-16-18(15,17-5-2)11-12(14)13(3)9-7-6-8-10-13/h6-9H,4-5,10-11H2,1-3H3. The summed E-state index contributed by atoms with van der Waals surface area (Å²) in [5.41, 5.74) is -0.599. The van der Waals surface area contributed by atoms with Crippen molar-refractivity contribution in [3.05, 3.63) is 24.3 Å². The summed E-state index contributed by atoms with van der Waals surface area (Å²) >= 11 is 0. The molecule has 0 amide bonds. The molecule has 1 atom stereocenters. The van der Waals surface area contributed by atoms with E-state index in [4.69, 9.17) is 9.05 Å². The minimum atomic E-state index is -3.29. The summed E-state index contributed by atoms with van der Waals surface area (Å²) in [5.74, 6) is -0.103. The molecule has 1 aliphatic rings. The van der Waals surface area contributed by atoms with Crippen LogP contribution in [0.15, 0.2) is 24.3 Å². The summed E-state index contributed by atoms with van der Waals surface area (Å²) in [4.78, 5) is 12.3.